The molecular formula is C33H53B5O7S. The largest absolute Gasteiger partial charge is 0.454 e. The van der Waals surface area contributed by atoms with Gasteiger partial charge in [0.15, 0.2) is 6.10 Å². The summed E-state index contributed by atoms with van der Waals surface area (Å²) in [6.45, 7) is 6.42. The number of hydrogen-bond donors (Lipinski definition) is 4. The van der Waals surface area contributed by atoms with E-state index in [4.69, 9.17) is 22.1 Å². The maximum atomic E-state index is 13.5. The van der Waals surface area contributed by atoms with Crippen LogP contribution in [-0.2, 0) is 19.1 Å². The number of aliphatic hydroxyl groups is 3. The summed E-state index contributed by atoms with van der Waals surface area (Å²) >= 11 is 5.14. The van der Waals surface area contributed by atoms with Crippen LogP contribution in [0.2, 0.25) is 21.8 Å². The van der Waals surface area contributed by atoms with E-state index in [1.807, 2.05) is 7.85 Å². The highest BCUT2D eigenvalue weighted by Gasteiger charge is 2.72. The predicted octanol–water partition coefficient (Wildman–Crippen LogP) is 0.0728. The van der Waals surface area contributed by atoms with Gasteiger partial charge in [0, 0.05) is 21.9 Å². The van der Waals surface area contributed by atoms with E-state index in [0.717, 1.165) is 32.1 Å². The van der Waals surface area contributed by atoms with Crippen LogP contribution in [0.25, 0.3) is 0 Å². The highest BCUT2D eigenvalue weighted by molar-refractivity contribution is 7.83. The first-order chi connectivity index (χ1) is 21.4. The summed E-state index contributed by atoms with van der Waals surface area (Å²) in [6, 6.07) is 0. The second-order valence-corrected chi connectivity index (χ2v) is 17.5. The molecule has 5 aliphatic carbocycles. The standard InChI is InChI=1S/C33H53B5O7S/c1-5-16(3)27(42)44-25-26(45-28(43)17(4)6-2)33(38,46)13-20-18-7-8-22-30(35)11-10-21(40)24(34)19(30)9-12-31(22,36)32(18,37)14-23(41)29(20,25)15-39/h5-7,19-26,39-41,46H,8-15,34-38H2,1-4H3/b16-5-,17-6-/t19?,20?,21-,22?,23+,24+,25-,26-,29-,30+,31-,32-,33+/m0/s1. The van der Waals surface area contributed by atoms with Crippen LogP contribution < -0.4 is 0 Å². The number of carbonyl (C=O) groups is 2. The molecule has 46 heavy (non-hydrogen) atoms. The smallest absolute Gasteiger partial charge is 0.333 e. The summed E-state index contributed by atoms with van der Waals surface area (Å²) in [7, 11) is 11.3. The fraction of sp³-hybridized carbons (Fsp3) is 0.758. The van der Waals surface area contributed by atoms with Gasteiger partial charge in [-0.3, -0.25) is 0 Å². The molecule has 0 spiro atoms. The van der Waals surface area contributed by atoms with Crippen molar-refractivity contribution in [3.05, 3.63) is 34.9 Å². The Kier molecular flexibility index (Phi) is 9.58. The first-order valence-electron chi connectivity index (χ1n) is 17.5. The molecule has 13 heteroatoms. The zero-order chi connectivity index (χ0) is 34.2. The van der Waals surface area contributed by atoms with Gasteiger partial charge >= 0.3 is 11.9 Å². The van der Waals surface area contributed by atoms with E-state index < -0.39 is 46.9 Å². The molecule has 3 unspecified atom stereocenters. The molecule has 5 rings (SSSR count). The molecular weight excluding hydrogens is 594 g/mol. The lowest BCUT2D eigenvalue weighted by Gasteiger charge is -2.72. The highest BCUT2D eigenvalue weighted by atomic mass is 32.1. The zero-order valence-corrected chi connectivity index (χ0v) is 30.3. The molecule has 4 fully saturated rings. The summed E-state index contributed by atoms with van der Waals surface area (Å²) in [5.74, 6) is -0.383. The Morgan fingerprint density at radius 2 is 1.57 bits per heavy atom. The molecule has 248 valence electrons. The molecule has 5 aliphatic rings. The number of esters is 2. The average Bonchev–Trinajstić information content (AvgIpc) is 3.00. The van der Waals surface area contributed by atoms with Crippen LogP contribution in [0.5, 0.6) is 0 Å². The van der Waals surface area contributed by atoms with Crippen molar-refractivity contribution >= 4 is 63.8 Å². The molecule has 3 N–H and O–H groups in total. The Balaban J connectivity index is 1.65. The summed E-state index contributed by atoms with van der Waals surface area (Å²) in [5, 5.41) is 34.3. The molecule has 0 aromatic heterocycles. The molecule has 0 heterocycles. The number of allylic oxidation sites excluding steroid dienone is 4. The Hall–Kier alpha value is -1.29. The number of rotatable bonds is 5. The Morgan fingerprint density at radius 3 is 2.13 bits per heavy atom. The van der Waals surface area contributed by atoms with Crippen molar-refractivity contribution in [3.63, 3.8) is 0 Å². The summed E-state index contributed by atoms with van der Waals surface area (Å²) in [6.07, 6.45) is 7.85. The number of thiol groups is 1. The van der Waals surface area contributed by atoms with Gasteiger partial charge < -0.3 is 24.8 Å². The molecule has 0 saturated heterocycles. The minimum Gasteiger partial charge on any atom is -0.454 e. The molecule has 4 saturated carbocycles. The summed E-state index contributed by atoms with van der Waals surface area (Å²) < 4.78 is 11.5. The number of ether oxygens (including phenoxy) is 2. The van der Waals surface area contributed by atoms with Gasteiger partial charge in [0.2, 0.25) is 0 Å². The number of aliphatic hydroxyl groups excluding tert-OH is 3. The summed E-state index contributed by atoms with van der Waals surface area (Å²) in [4.78, 5) is 26.7. The van der Waals surface area contributed by atoms with Gasteiger partial charge in [0.25, 0.3) is 0 Å². The van der Waals surface area contributed by atoms with Gasteiger partial charge in [-0.25, -0.2) is 9.59 Å². The minimum absolute atomic E-state index is 0.0732. The molecule has 0 aromatic rings. The van der Waals surface area contributed by atoms with Crippen LogP contribution in [0, 0.1) is 23.2 Å². The second-order valence-electron chi connectivity index (χ2n) is 16.5. The molecule has 0 aromatic carbocycles. The van der Waals surface area contributed by atoms with E-state index in [-0.39, 0.29) is 33.8 Å². The fourth-order valence-corrected chi connectivity index (χ4v) is 11.6. The SMILES string of the molecule is B[C@@H]1C2CC[C@]3(B)C(CC=C4C5C[C@@](B)(S)[C@@H](OC(=O)/C(C)=C\C)[C@H](OC(=O)/C(C)=C\C)[C@]5(CO)[C@H](O)C[C@]43B)[C@@]2(B)CC[C@@H]1O. The van der Waals surface area contributed by atoms with Crippen LogP contribution >= 0.6 is 12.6 Å². The van der Waals surface area contributed by atoms with Gasteiger partial charge in [-0.2, -0.15) is 12.6 Å². The van der Waals surface area contributed by atoms with E-state index in [1.54, 1.807) is 39.8 Å². The van der Waals surface area contributed by atoms with Crippen LogP contribution in [0.15, 0.2) is 34.9 Å². The third-order valence-electron chi connectivity index (χ3n) is 14.6. The number of hydrogen-bond acceptors (Lipinski definition) is 8. The van der Waals surface area contributed by atoms with E-state index in [2.05, 4.69) is 37.5 Å². The van der Waals surface area contributed by atoms with Gasteiger partial charge in [0.1, 0.15) is 45.3 Å². The molecule has 13 atom stereocenters. The van der Waals surface area contributed by atoms with Crippen molar-refractivity contribution in [2.24, 2.45) is 23.2 Å². The Bertz CT molecular complexity index is 1360. The minimum atomic E-state index is -1.29. The van der Waals surface area contributed by atoms with Crippen LogP contribution in [0.1, 0.15) is 72.6 Å². The lowest BCUT2D eigenvalue weighted by molar-refractivity contribution is -0.225. The normalized spacial score (nSPS) is 48.9. The van der Waals surface area contributed by atoms with Crippen LogP contribution in [-0.4, -0.2) is 102 Å². The molecule has 0 aliphatic heterocycles. The Morgan fingerprint density at radius 1 is 0.978 bits per heavy atom. The number of fused-ring (bicyclic) bond motifs is 7. The fourth-order valence-electron chi connectivity index (χ4n) is 11.3. The van der Waals surface area contributed by atoms with E-state index in [0.29, 0.717) is 35.8 Å². The Labute approximate surface area is 285 Å². The third-order valence-corrected chi connectivity index (χ3v) is 15.0. The molecule has 0 amide bonds. The molecule has 7 nitrogen and oxygen atoms in total. The second kappa shape index (κ2) is 12.2. The van der Waals surface area contributed by atoms with Crippen molar-refractivity contribution in [1.82, 2.24) is 0 Å². The zero-order valence-electron chi connectivity index (χ0n) is 29.4. The van der Waals surface area contributed by atoms with E-state index in [1.165, 1.54) is 5.57 Å². The van der Waals surface area contributed by atoms with Crippen LogP contribution in [0.4, 0.5) is 0 Å². The lowest BCUT2D eigenvalue weighted by Crippen LogP contribution is -2.72. The van der Waals surface area contributed by atoms with Gasteiger partial charge in [-0.1, -0.05) is 53.7 Å². The maximum absolute atomic E-state index is 13.5. The topological polar surface area (TPSA) is 113 Å². The first kappa shape index (κ1) is 36.0. The highest BCUT2D eigenvalue weighted by Crippen LogP contribution is 2.80. The number of carbonyl (C=O) groups excluding carboxylic acids is 2. The van der Waals surface area contributed by atoms with Crippen molar-refractivity contribution in [3.8, 4) is 0 Å². The van der Waals surface area contributed by atoms with Gasteiger partial charge in [0.05, 0.1) is 18.1 Å². The van der Waals surface area contributed by atoms with Crippen molar-refractivity contribution in [1.29, 1.82) is 0 Å². The van der Waals surface area contributed by atoms with Crippen molar-refractivity contribution in [2.45, 2.75) is 123 Å². The first-order valence-corrected chi connectivity index (χ1v) is 17.9. The van der Waals surface area contributed by atoms with Gasteiger partial charge in [-0.05, 0) is 82.3 Å². The van der Waals surface area contributed by atoms with E-state index in [9.17, 15) is 24.9 Å². The maximum Gasteiger partial charge on any atom is 0.333 e. The average molecular weight is 648 g/mol. The van der Waals surface area contributed by atoms with Crippen LogP contribution in [0.3, 0.4) is 0 Å². The monoisotopic (exact) mass is 648 g/mol. The predicted molar refractivity (Wildman–Crippen MR) is 197 cm³/mol. The van der Waals surface area contributed by atoms with Crippen molar-refractivity contribution in [2.75, 3.05) is 6.61 Å². The molecule has 0 radical (unpaired) electrons. The van der Waals surface area contributed by atoms with E-state index >= 15 is 0 Å². The van der Waals surface area contributed by atoms with Crippen molar-refractivity contribution < 1.29 is 34.4 Å². The lowest BCUT2D eigenvalue weighted by atomic mass is 9.22. The van der Waals surface area contributed by atoms with Gasteiger partial charge in [-0.15, -0.1) is 0 Å². The quantitative estimate of drug-likeness (QED) is 0.110. The molecule has 0 bridgehead atoms. The summed E-state index contributed by atoms with van der Waals surface area (Å²) in [5.41, 5.74) is 0.721. The third kappa shape index (κ3) is 5.02.